The molecular weight excluding hydrogens is 332 g/mol. The molecule has 136 valence electrons. The fourth-order valence-electron chi connectivity index (χ4n) is 2.43. The number of rotatable bonds is 5. The minimum atomic E-state index is -1.23. The minimum absolute atomic E-state index is 0.372. The van der Waals surface area contributed by atoms with E-state index in [2.05, 4.69) is 10.6 Å². The van der Waals surface area contributed by atoms with Crippen molar-refractivity contribution < 1.29 is 19.1 Å². The molecule has 0 saturated carbocycles. The smallest absolute Gasteiger partial charge is 0.339 e. The molecule has 2 aromatic carbocycles. The molecule has 2 rings (SSSR count). The number of carbonyl (C=O) groups is 3. The molecule has 6 nitrogen and oxygen atoms in total. The lowest BCUT2D eigenvalue weighted by atomic mass is 10.0. The Kier molecular flexibility index (Phi) is 6.49. The van der Waals surface area contributed by atoms with Crippen LogP contribution in [-0.4, -0.2) is 24.5 Å². The van der Waals surface area contributed by atoms with Gasteiger partial charge in [-0.3, -0.25) is 10.1 Å². The van der Waals surface area contributed by atoms with Crippen LogP contribution in [0, 0.1) is 13.8 Å². The molecule has 0 radical (unpaired) electrons. The fraction of sp³-hybridized carbons (Fsp3) is 0.250. The van der Waals surface area contributed by atoms with Crippen LogP contribution in [0.1, 0.15) is 40.1 Å². The van der Waals surface area contributed by atoms with E-state index in [1.807, 2.05) is 19.9 Å². The number of esters is 1. The molecule has 0 heterocycles. The molecule has 2 aromatic rings. The molecule has 0 aromatic heterocycles. The second-order valence-corrected chi connectivity index (χ2v) is 5.79. The molecule has 0 aliphatic rings. The number of aryl methyl sites for hydroxylation is 1. The summed E-state index contributed by atoms with van der Waals surface area (Å²) >= 11 is 0. The predicted octanol–water partition coefficient (Wildman–Crippen LogP) is 3.05. The predicted molar refractivity (Wildman–Crippen MR) is 97.7 cm³/mol. The first-order valence-corrected chi connectivity index (χ1v) is 8.34. The van der Waals surface area contributed by atoms with E-state index in [-0.39, 0.29) is 0 Å². The number of benzene rings is 2. The third-order valence-electron chi connectivity index (χ3n) is 3.96. The summed E-state index contributed by atoms with van der Waals surface area (Å²) in [7, 11) is 0. The lowest BCUT2D eigenvalue weighted by Crippen LogP contribution is -2.42. The maximum absolute atomic E-state index is 12.6. The summed E-state index contributed by atoms with van der Waals surface area (Å²) in [6.45, 7) is 5.82. The zero-order chi connectivity index (χ0) is 19.1. The molecule has 0 aliphatic carbocycles. The highest BCUT2D eigenvalue weighted by molar-refractivity contribution is 5.99. The zero-order valence-electron chi connectivity index (χ0n) is 15.0. The van der Waals surface area contributed by atoms with Crippen molar-refractivity contribution in [3.63, 3.8) is 0 Å². The number of carbonyl (C=O) groups excluding carboxylic acids is 3. The quantitative estimate of drug-likeness (QED) is 0.808. The van der Waals surface area contributed by atoms with Crippen LogP contribution in [-0.2, 0) is 9.53 Å². The first kappa shape index (κ1) is 19.2. The normalized spacial score (nSPS) is 11.3. The average molecular weight is 354 g/mol. The molecule has 0 bridgehead atoms. The SMILES string of the molecule is CCNC(=O)NC(=O)[C@H](OC(=O)c1cccc(C)c1C)c1ccccc1. The molecule has 6 heteroatoms. The molecular formula is C20H22N2O4. The van der Waals surface area contributed by atoms with Gasteiger partial charge in [-0.05, 0) is 38.0 Å². The maximum Gasteiger partial charge on any atom is 0.339 e. The van der Waals surface area contributed by atoms with E-state index in [0.717, 1.165) is 11.1 Å². The van der Waals surface area contributed by atoms with Gasteiger partial charge in [0.05, 0.1) is 5.56 Å². The van der Waals surface area contributed by atoms with Crippen molar-refractivity contribution in [1.82, 2.24) is 10.6 Å². The highest BCUT2D eigenvalue weighted by Gasteiger charge is 2.27. The highest BCUT2D eigenvalue weighted by Crippen LogP contribution is 2.21. The first-order chi connectivity index (χ1) is 12.4. The maximum atomic E-state index is 12.6. The third kappa shape index (κ3) is 4.69. The summed E-state index contributed by atoms with van der Waals surface area (Å²) in [5.74, 6) is -1.33. The van der Waals surface area contributed by atoms with Gasteiger partial charge in [-0.25, -0.2) is 9.59 Å². The fourth-order valence-corrected chi connectivity index (χ4v) is 2.43. The van der Waals surface area contributed by atoms with Crippen molar-refractivity contribution in [2.75, 3.05) is 6.54 Å². The van der Waals surface area contributed by atoms with Gasteiger partial charge in [0.2, 0.25) is 6.10 Å². The minimum Gasteiger partial charge on any atom is -0.444 e. The lowest BCUT2D eigenvalue weighted by Gasteiger charge is -2.18. The van der Waals surface area contributed by atoms with Crippen LogP contribution in [0.5, 0.6) is 0 Å². The number of urea groups is 1. The molecule has 0 saturated heterocycles. The largest absolute Gasteiger partial charge is 0.444 e. The van der Waals surface area contributed by atoms with Crippen LogP contribution in [0.4, 0.5) is 4.79 Å². The van der Waals surface area contributed by atoms with Crippen molar-refractivity contribution in [3.8, 4) is 0 Å². The number of hydrogen-bond acceptors (Lipinski definition) is 4. The molecule has 2 N–H and O–H groups in total. The number of nitrogens with one attached hydrogen (secondary N) is 2. The van der Waals surface area contributed by atoms with Gasteiger partial charge in [-0.15, -0.1) is 0 Å². The van der Waals surface area contributed by atoms with Crippen molar-refractivity contribution in [2.24, 2.45) is 0 Å². The molecule has 0 unspecified atom stereocenters. The average Bonchev–Trinajstić information content (AvgIpc) is 2.62. The van der Waals surface area contributed by atoms with Crippen LogP contribution in [0.3, 0.4) is 0 Å². The number of hydrogen-bond donors (Lipinski definition) is 2. The molecule has 1 atom stereocenters. The second kappa shape index (κ2) is 8.80. The number of amides is 3. The molecule has 0 fully saturated rings. The van der Waals surface area contributed by atoms with E-state index in [1.54, 1.807) is 49.4 Å². The molecule has 0 spiro atoms. The van der Waals surface area contributed by atoms with Gasteiger partial charge < -0.3 is 10.1 Å². The van der Waals surface area contributed by atoms with E-state index in [0.29, 0.717) is 17.7 Å². The van der Waals surface area contributed by atoms with Crippen molar-refractivity contribution >= 4 is 17.9 Å². The van der Waals surface area contributed by atoms with Gasteiger partial charge in [-0.1, -0.05) is 42.5 Å². The van der Waals surface area contributed by atoms with Crippen LogP contribution in [0.2, 0.25) is 0 Å². The summed E-state index contributed by atoms with van der Waals surface area (Å²) in [6.07, 6.45) is -1.23. The van der Waals surface area contributed by atoms with Gasteiger partial charge in [0.1, 0.15) is 0 Å². The van der Waals surface area contributed by atoms with Crippen molar-refractivity contribution in [3.05, 3.63) is 70.8 Å². The van der Waals surface area contributed by atoms with Crippen LogP contribution >= 0.6 is 0 Å². The van der Waals surface area contributed by atoms with E-state index < -0.39 is 24.0 Å². The van der Waals surface area contributed by atoms with E-state index in [4.69, 9.17) is 4.74 Å². The summed E-state index contributed by atoms with van der Waals surface area (Å²) < 4.78 is 5.47. The lowest BCUT2D eigenvalue weighted by molar-refractivity contribution is -0.129. The Balaban J connectivity index is 2.27. The zero-order valence-corrected chi connectivity index (χ0v) is 15.0. The van der Waals surface area contributed by atoms with Crippen molar-refractivity contribution in [2.45, 2.75) is 26.9 Å². The first-order valence-electron chi connectivity index (χ1n) is 8.34. The van der Waals surface area contributed by atoms with Gasteiger partial charge in [-0.2, -0.15) is 0 Å². The van der Waals surface area contributed by atoms with E-state index in [9.17, 15) is 14.4 Å². The van der Waals surface area contributed by atoms with Crippen LogP contribution < -0.4 is 10.6 Å². The van der Waals surface area contributed by atoms with Gasteiger partial charge >= 0.3 is 12.0 Å². The topological polar surface area (TPSA) is 84.5 Å². The van der Waals surface area contributed by atoms with Crippen LogP contribution in [0.25, 0.3) is 0 Å². The van der Waals surface area contributed by atoms with E-state index in [1.165, 1.54) is 0 Å². The molecule has 3 amide bonds. The van der Waals surface area contributed by atoms with E-state index >= 15 is 0 Å². The molecule has 26 heavy (non-hydrogen) atoms. The van der Waals surface area contributed by atoms with Gasteiger partial charge in [0.15, 0.2) is 0 Å². The standard InChI is InChI=1S/C20H22N2O4/c1-4-21-20(25)22-18(23)17(15-10-6-5-7-11-15)26-19(24)16-12-8-9-13(2)14(16)3/h5-12,17H,4H2,1-3H3,(H2,21,22,23,25)/t17-/m1/s1. The Morgan fingerprint density at radius 1 is 1.00 bits per heavy atom. The van der Waals surface area contributed by atoms with Gasteiger partial charge in [0, 0.05) is 12.1 Å². The van der Waals surface area contributed by atoms with Crippen LogP contribution in [0.15, 0.2) is 48.5 Å². The molecule has 0 aliphatic heterocycles. The highest BCUT2D eigenvalue weighted by atomic mass is 16.5. The summed E-state index contributed by atoms with van der Waals surface area (Å²) in [5, 5.41) is 4.67. The Bertz CT molecular complexity index is 803. The Morgan fingerprint density at radius 2 is 1.69 bits per heavy atom. The summed E-state index contributed by atoms with van der Waals surface area (Å²) in [6, 6.07) is 13.2. The number of ether oxygens (including phenoxy) is 1. The Morgan fingerprint density at radius 3 is 2.35 bits per heavy atom. The monoisotopic (exact) mass is 354 g/mol. The Labute approximate surface area is 152 Å². The number of imide groups is 1. The summed E-state index contributed by atoms with van der Waals surface area (Å²) in [5.41, 5.74) is 2.60. The third-order valence-corrected chi connectivity index (χ3v) is 3.96. The summed E-state index contributed by atoms with van der Waals surface area (Å²) in [4.78, 5) is 36.8. The van der Waals surface area contributed by atoms with Crippen molar-refractivity contribution in [1.29, 1.82) is 0 Å². The van der Waals surface area contributed by atoms with Gasteiger partial charge in [0.25, 0.3) is 5.91 Å². The Hall–Kier alpha value is -3.15. The second-order valence-electron chi connectivity index (χ2n) is 5.79.